The highest BCUT2D eigenvalue weighted by atomic mass is 19.4. The molecule has 25 heavy (non-hydrogen) atoms. The number of alkyl halides is 3. The molecule has 0 aromatic rings. The Bertz CT molecular complexity index is 463. The van der Waals surface area contributed by atoms with E-state index in [-0.39, 0.29) is 17.9 Å². The average molecular weight is 366 g/mol. The van der Waals surface area contributed by atoms with Crippen molar-refractivity contribution in [2.45, 2.75) is 91.0 Å². The highest BCUT2D eigenvalue weighted by Gasteiger charge is 2.57. The van der Waals surface area contributed by atoms with Crippen molar-refractivity contribution in [3.63, 3.8) is 0 Å². The van der Waals surface area contributed by atoms with E-state index in [1.165, 1.54) is 6.92 Å². The molecule has 0 aromatic heterocycles. The summed E-state index contributed by atoms with van der Waals surface area (Å²) in [6.07, 6.45) is -1.50. The zero-order valence-electron chi connectivity index (χ0n) is 16.5. The molecule has 0 aliphatic heterocycles. The van der Waals surface area contributed by atoms with Gasteiger partial charge in [-0.25, -0.2) is 0 Å². The molecule has 1 aliphatic rings. The predicted molar refractivity (Wildman–Crippen MR) is 91.2 cm³/mol. The first-order valence-corrected chi connectivity index (χ1v) is 9.06. The van der Waals surface area contributed by atoms with Crippen molar-refractivity contribution in [3.8, 4) is 0 Å². The molecule has 3 nitrogen and oxygen atoms in total. The third kappa shape index (κ3) is 4.69. The van der Waals surface area contributed by atoms with Crippen LogP contribution in [-0.4, -0.2) is 30.5 Å². The van der Waals surface area contributed by atoms with Crippen LogP contribution in [0.3, 0.4) is 0 Å². The van der Waals surface area contributed by atoms with Gasteiger partial charge in [0, 0.05) is 7.11 Å². The van der Waals surface area contributed by atoms with E-state index in [0.29, 0.717) is 5.92 Å². The van der Waals surface area contributed by atoms with Gasteiger partial charge in [-0.3, -0.25) is 4.79 Å². The maximum atomic E-state index is 13.3. The monoisotopic (exact) mass is 366 g/mol. The van der Waals surface area contributed by atoms with Crippen LogP contribution in [0.5, 0.6) is 0 Å². The van der Waals surface area contributed by atoms with E-state index in [0.717, 1.165) is 32.6 Å². The quantitative estimate of drug-likeness (QED) is 0.581. The summed E-state index contributed by atoms with van der Waals surface area (Å²) in [7, 11) is 1.69. The lowest BCUT2D eigenvalue weighted by Crippen LogP contribution is -2.49. The van der Waals surface area contributed by atoms with E-state index in [9.17, 15) is 18.0 Å². The molecule has 1 unspecified atom stereocenters. The molecule has 1 aliphatic carbocycles. The summed E-state index contributed by atoms with van der Waals surface area (Å²) in [5.74, 6) is -0.724. The second kappa shape index (κ2) is 7.45. The minimum atomic E-state index is -4.62. The molecule has 148 valence electrons. The number of ether oxygens (including phenoxy) is 2. The summed E-state index contributed by atoms with van der Waals surface area (Å²) in [6.45, 7) is 9.84. The molecule has 6 heteroatoms. The zero-order valence-corrected chi connectivity index (χ0v) is 16.5. The number of hydrogen-bond acceptors (Lipinski definition) is 3. The number of rotatable bonds is 6. The van der Waals surface area contributed by atoms with E-state index in [2.05, 4.69) is 13.8 Å². The first-order valence-electron chi connectivity index (χ1n) is 9.06. The molecule has 1 rings (SSSR count). The first kappa shape index (κ1) is 22.3. The van der Waals surface area contributed by atoms with Crippen molar-refractivity contribution >= 4 is 5.97 Å². The topological polar surface area (TPSA) is 35.5 Å². The van der Waals surface area contributed by atoms with Crippen LogP contribution in [-0.2, 0) is 14.3 Å². The van der Waals surface area contributed by atoms with Gasteiger partial charge in [0.15, 0.2) is 5.41 Å². The lowest BCUT2D eigenvalue weighted by molar-refractivity contribution is -0.239. The molecule has 0 saturated heterocycles. The van der Waals surface area contributed by atoms with E-state index in [1.807, 2.05) is 0 Å². The fourth-order valence-corrected chi connectivity index (χ4v) is 3.55. The van der Waals surface area contributed by atoms with Gasteiger partial charge in [-0.2, -0.15) is 13.2 Å². The van der Waals surface area contributed by atoms with Gasteiger partial charge in [0.25, 0.3) is 0 Å². The minimum Gasteiger partial charge on any atom is -0.459 e. The molecule has 0 aromatic carbocycles. The van der Waals surface area contributed by atoms with Crippen LogP contribution in [0.1, 0.15) is 73.6 Å². The standard InChI is InChI=1S/C19H33F3O3/c1-8-18(6,19(20,21)22)15(23)25-17(4,5)14-11-9-13(10-12-14)16(2,3)24-7/h13-14H,8-12H2,1-7H3. The molecule has 1 saturated carbocycles. The van der Waals surface area contributed by atoms with Crippen LogP contribution in [0.15, 0.2) is 0 Å². The molecule has 0 radical (unpaired) electrons. The molecule has 0 amide bonds. The van der Waals surface area contributed by atoms with Crippen LogP contribution in [0.4, 0.5) is 13.2 Å². The second-order valence-corrected chi connectivity index (χ2v) is 8.53. The van der Waals surface area contributed by atoms with E-state index in [1.54, 1.807) is 21.0 Å². The SMILES string of the molecule is CCC(C)(C(=O)OC(C)(C)C1CCC(C(C)(C)OC)CC1)C(F)(F)F. The lowest BCUT2D eigenvalue weighted by atomic mass is 9.70. The maximum absolute atomic E-state index is 13.3. The van der Waals surface area contributed by atoms with Gasteiger partial charge in [-0.15, -0.1) is 0 Å². The summed E-state index contributed by atoms with van der Waals surface area (Å²) in [6, 6.07) is 0. The van der Waals surface area contributed by atoms with Gasteiger partial charge in [0.1, 0.15) is 5.60 Å². The minimum absolute atomic E-state index is 0.0506. The molecule has 0 bridgehead atoms. The lowest BCUT2D eigenvalue weighted by Gasteiger charge is -2.44. The molecular weight excluding hydrogens is 333 g/mol. The third-order valence-corrected chi connectivity index (χ3v) is 6.36. The summed E-state index contributed by atoms with van der Waals surface area (Å²) < 4.78 is 50.8. The Hall–Kier alpha value is -0.780. The smallest absolute Gasteiger partial charge is 0.404 e. The maximum Gasteiger partial charge on any atom is 0.404 e. The second-order valence-electron chi connectivity index (χ2n) is 8.53. The highest BCUT2D eigenvalue weighted by molar-refractivity contribution is 5.77. The van der Waals surface area contributed by atoms with Gasteiger partial charge in [0.05, 0.1) is 5.60 Å². The Morgan fingerprint density at radius 2 is 1.32 bits per heavy atom. The number of carbonyl (C=O) groups excluding carboxylic acids is 1. The fraction of sp³-hybridized carbons (Fsp3) is 0.947. The Labute approximate surface area is 149 Å². The van der Waals surface area contributed by atoms with Crippen molar-refractivity contribution in [1.82, 2.24) is 0 Å². The fourth-order valence-electron chi connectivity index (χ4n) is 3.55. The van der Waals surface area contributed by atoms with Crippen LogP contribution in [0.25, 0.3) is 0 Å². The van der Waals surface area contributed by atoms with Crippen LogP contribution >= 0.6 is 0 Å². The predicted octanol–water partition coefficient (Wildman–Crippen LogP) is 5.52. The van der Waals surface area contributed by atoms with Gasteiger partial charge < -0.3 is 9.47 Å². The molecule has 0 N–H and O–H groups in total. The number of hydrogen-bond donors (Lipinski definition) is 0. The van der Waals surface area contributed by atoms with Crippen molar-refractivity contribution < 1.29 is 27.4 Å². The van der Waals surface area contributed by atoms with Crippen molar-refractivity contribution in [3.05, 3.63) is 0 Å². The molecule has 0 spiro atoms. The molecular formula is C19H33F3O3. The van der Waals surface area contributed by atoms with E-state index >= 15 is 0 Å². The number of halogens is 3. The average Bonchev–Trinajstić information content (AvgIpc) is 2.52. The van der Waals surface area contributed by atoms with Crippen LogP contribution in [0, 0.1) is 17.3 Å². The number of esters is 1. The van der Waals surface area contributed by atoms with Crippen LogP contribution in [0.2, 0.25) is 0 Å². The first-order chi connectivity index (χ1) is 11.2. The molecule has 1 atom stereocenters. The van der Waals surface area contributed by atoms with Gasteiger partial charge in [-0.05, 0) is 78.6 Å². The third-order valence-electron chi connectivity index (χ3n) is 6.36. The largest absolute Gasteiger partial charge is 0.459 e. The Kier molecular flexibility index (Phi) is 6.64. The number of methoxy groups -OCH3 is 1. The molecule has 0 heterocycles. The van der Waals surface area contributed by atoms with Crippen molar-refractivity contribution in [1.29, 1.82) is 0 Å². The van der Waals surface area contributed by atoms with Gasteiger partial charge in [-0.1, -0.05) is 6.92 Å². The van der Waals surface area contributed by atoms with Crippen LogP contribution < -0.4 is 0 Å². The summed E-state index contributed by atoms with van der Waals surface area (Å²) in [4.78, 5) is 12.3. The van der Waals surface area contributed by atoms with Gasteiger partial charge >= 0.3 is 12.1 Å². The van der Waals surface area contributed by atoms with Gasteiger partial charge in [0.2, 0.25) is 0 Å². The normalized spacial score (nSPS) is 25.4. The Morgan fingerprint density at radius 3 is 1.64 bits per heavy atom. The van der Waals surface area contributed by atoms with E-state index in [4.69, 9.17) is 9.47 Å². The summed E-state index contributed by atoms with van der Waals surface area (Å²) in [5, 5.41) is 0. The van der Waals surface area contributed by atoms with E-state index < -0.39 is 23.2 Å². The van der Waals surface area contributed by atoms with Crippen molar-refractivity contribution in [2.24, 2.45) is 17.3 Å². The highest BCUT2D eigenvalue weighted by Crippen LogP contribution is 2.45. The summed E-state index contributed by atoms with van der Waals surface area (Å²) >= 11 is 0. The van der Waals surface area contributed by atoms with Crippen molar-refractivity contribution in [2.75, 3.05) is 7.11 Å². The summed E-state index contributed by atoms with van der Waals surface area (Å²) in [5.41, 5.74) is -3.59. The Balaban J connectivity index is 2.78. The zero-order chi connectivity index (χ0) is 19.7. The molecule has 1 fully saturated rings. The Morgan fingerprint density at radius 1 is 0.920 bits per heavy atom. The number of carbonyl (C=O) groups is 1.